The van der Waals surface area contributed by atoms with Gasteiger partial charge in [0.2, 0.25) is 0 Å². The molecule has 100 valence electrons. The van der Waals surface area contributed by atoms with Crippen LogP contribution in [0.4, 0.5) is 5.69 Å². The van der Waals surface area contributed by atoms with Gasteiger partial charge in [0.25, 0.3) is 0 Å². The highest BCUT2D eigenvalue weighted by atomic mass is 35.5. The van der Waals surface area contributed by atoms with Gasteiger partial charge in [-0.25, -0.2) is 0 Å². The molecule has 0 fully saturated rings. The minimum absolute atomic E-state index is 0.0207. The lowest BCUT2D eigenvalue weighted by Gasteiger charge is -2.26. The molecule has 1 N–H and O–H groups in total. The number of halogens is 2. The highest BCUT2D eigenvalue weighted by Gasteiger charge is 2.20. The van der Waals surface area contributed by atoms with Gasteiger partial charge in [0.05, 0.1) is 15.7 Å². The van der Waals surface area contributed by atoms with Crippen LogP contribution < -0.4 is 5.32 Å². The molecule has 1 nitrogen and oxygen atoms in total. The fourth-order valence-corrected chi connectivity index (χ4v) is 2.32. The quantitative estimate of drug-likeness (QED) is 0.798. The van der Waals surface area contributed by atoms with Gasteiger partial charge >= 0.3 is 0 Å². The second kappa shape index (κ2) is 5.85. The SMILES string of the molecule is CC(C)(CNc1cccc(Cl)c1Cl)c1ccccc1. The first kappa shape index (κ1) is 14.2. The van der Waals surface area contributed by atoms with E-state index in [0.717, 1.165) is 12.2 Å². The summed E-state index contributed by atoms with van der Waals surface area (Å²) in [5.74, 6) is 0. The van der Waals surface area contributed by atoms with Crippen molar-refractivity contribution in [2.24, 2.45) is 0 Å². The fraction of sp³-hybridized carbons (Fsp3) is 0.250. The third-order valence-electron chi connectivity index (χ3n) is 3.23. The smallest absolute Gasteiger partial charge is 0.0823 e. The van der Waals surface area contributed by atoms with Crippen LogP contribution in [0, 0.1) is 0 Å². The average molecular weight is 294 g/mol. The first-order valence-corrected chi connectivity index (χ1v) is 7.00. The van der Waals surface area contributed by atoms with Crippen LogP contribution in [0.15, 0.2) is 48.5 Å². The molecular formula is C16H17Cl2N. The highest BCUT2D eigenvalue weighted by Crippen LogP contribution is 2.31. The van der Waals surface area contributed by atoms with E-state index in [1.807, 2.05) is 18.2 Å². The molecule has 0 radical (unpaired) electrons. The van der Waals surface area contributed by atoms with Gasteiger partial charge in [-0.3, -0.25) is 0 Å². The fourth-order valence-electron chi connectivity index (χ4n) is 1.95. The number of hydrogen-bond donors (Lipinski definition) is 1. The molecule has 0 unspecified atom stereocenters. The normalized spacial score (nSPS) is 11.4. The maximum atomic E-state index is 6.17. The van der Waals surface area contributed by atoms with Crippen LogP contribution in [0.5, 0.6) is 0 Å². The summed E-state index contributed by atoms with van der Waals surface area (Å²) in [6.07, 6.45) is 0. The molecule has 0 bridgehead atoms. The van der Waals surface area contributed by atoms with Gasteiger partial charge in [-0.05, 0) is 17.7 Å². The summed E-state index contributed by atoms with van der Waals surface area (Å²) in [6, 6.07) is 16.1. The topological polar surface area (TPSA) is 12.0 Å². The number of rotatable bonds is 4. The Morgan fingerprint density at radius 2 is 1.63 bits per heavy atom. The number of nitrogens with one attached hydrogen (secondary N) is 1. The third-order valence-corrected chi connectivity index (χ3v) is 4.05. The Morgan fingerprint density at radius 3 is 2.32 bits per heavy atom. The van der Waals surface area contributed by atoms with E-state index in [0.29, 0.717) is 10.0 Å². The lowest BCUT2D eigenvalue weighted by molar-refractivity contribution is 0.557. The van der Waals surface area contributed by atoms with Crippen molar-refractivity contribution in [2.45, 2.75) is 19.3 Å². The molecule has 2 rings (SSSR count). The summed E-state index contributed by atoms with van der Waals surface area (Å²) >= 11 is 12.2. The summed E-state index contributed by atoms with van der Waals surface area (Å²) in [5, 5.41) is 4.53. The number of benzene rings is 2. The first-order valence-electron chi connectivity index (χ1n) is 6.24. The summed E-state index contributed by atoms with van der Waals surface area (Å²) < 4.78 is 0. The molecule has 0 amide bonds. The minimum Gasteiger partial charge on any atom is -0.383 e. The Hall–Kier alpha value is -1.18. The van der Waals surface area contributed by atoms with Crippen LogP contribution in [0.25, 0.3) is 0 Å². The Kier molecular flexibility index (Phi) is 4.38. The number of hydrogen-bond acceptors (Lipinski definition) is 1. The predicted octanol–water partition coefficient (Wildman–Crippen LogP) is 5.38. The van der Waals surface area contributed by atoms with Crippen molar-refractivity contribution >= 4 is 28.9 Å². The van der Waals surface area contributed by atoms with Crippen LogP contribution in [0.2, 0.25) is 10.0 Å². The van der Waals surface area contributed by atoms with Crippen LogP contribution in [0.1, 0.15) is 19.4 Å². The van der Waals surface area contributed by atoms with Gasteiger partial charge in [-0.1, -0.05) is 73.4 Å². The molecule has 19 heavy (non-hydrogen) atoms. The van der Waals surface area contributed by atoms with Crippen LogP contribution in [-0.2, 0) is 5.41 Å². The van der Waals surface area contributed by atoms with Gasteiger partial charge in [0, 0.05) is 12.0 Å². The molecule has 0 atom stereocenters. The molecule has 0 saturated carbocycles. The van der Waals surface area contributed by atoms with Crippen LogP contribution >= 0.6 is 23.2 Å². The molecule has 2 aromatic carbocycles. The standard InChI is InChI=1S/C16H17Cl2N/c1-16(2,12-7-4-3-5-8-12)11-19-14-10-6-9-13(17)15(14)18/h3-10,19H,11H2,1-2H3. The predicted molar refractivity (Wildman–Crippen MR) is 84.4 cm³/mol. The molecular weight excluding hydrogens is 277 g/mol. The first-order chi connectivity index (χ1) is 9.00. The van der Waals surface area contributed by atoms with E-state index in [9.17, 15) is 0 Å². The highest BCUT2D eigenvalue weighted by molar-refractivity contribution is 6.43. The molecule has 2 aromatic rings. The Labute approximate surface area is 124 Å². The summed E-state index contributed by atoms with van der Waals surface area (Å²) in [6.45, 7) is 5.19. The van der Waals surface area contributed by atoms with Gasteiger partial charge < -0.3 is 5.32 Å². The molecule has 0 aliphatic heterocycles. The van der Waals surface area contributed by atoms with Crippen LogP contribution in [0.3, 0.4) is 0 Å². The third kappa shape index (κ3) is 3.43. The second-order valence-electron chi connectivity index (χ2n) is 5.20. The lowest BCUT2D eigenvalue weighted by Crippen LogP contribution is -2.27. The minimum atomic E-state index is 0.0207. The van der Waals surface area contributed by atoms with Crippen molar-refractivity contribution < 1.29 is 0 Å². The zero-order valence-corrected chi connectivity index (χ0v) is 12.6. The van der Waals surface area contributed by atoms with Crippen molar-refractivity contribution in [1.29, 1.82) is 0 Å². The second-order valence-corrected chi connectivity index (χ2v) is 5.99. The summed E-state index contributed by atoms with van der Waals surface area (Å²) in [4.78, 5) is 0. The average Bonchev–Trinajstić information content (AvgIpc) is 2.41. The van der Waals surface area contributed by atoms with Gasteiger partial charge in [-0.15, -0.1) is 0 Å². The van der Waals surface area contributed by atoms with Gasteiger partial charge in [0.1, 0.15) is 0 Å². The zero-order chi connectivity index (χ0) is 13.9. The van der Waals surface area contributed by atoms with Gasteiger partial charge in [0.15, 0.2) is 0 Å². The summed E-state index contributed by atoms with van der Waals surface area (Å²) in [5.41, 5.74) is 2.19. The molecule has 0 saturated heterocycles. The maximum absolute atomic E-state index is 6.17. The van der Waals surface area contributed by atoms with E-state index in [-0.39, 0.29) is 5.41 Å². The molecule has 0 aliphatic rings. The zero-order valence-electron chi connectivity index (χ0n) is 11.1. The molecule has 0 aromatic heterocycles. The van der Waals surface area contributed by atoms with E-state index in [4.69, 9.17) is 23.2 Å². The summed E-state index contributed by atoms with van der Waals surface area (Å²) in [7, 11) is 0. The van der Waals surface area contributed by atoms with Gasteiger partial charge in [-0.2, -0.15) is 0 Å². The monoisotopic (exact) mass is 293 g/mol. The van der Waals surface area contributed by atoms with Crippen molar-refractivity contribution in [3.05, 3.63) is 64.1 Å². The van der Waals surface area contributed by atoms with Crippen LogP contribution in [-0.4, -0.2) is 6.54 Å². The maximum Gasteiger partial charge on any atom is 0.0823 e. The van der Waals surface area contributed by atoms with Crippen molar-refractivity contribution in [2.75, 3.05) is 11.9 Å². The van der Waals surface area contributed by atoms with Crippen molar-refractivity contribution in [3.8, 4) is 0 Å². The largest absolute Gasteiger partial charge is 0.383 e. The van der Waals surface area contributed by atoms with E-state index >= 15 is 0 Å². The van der Waals surface area contributed by atoms with E-state index in [2.05, 4.69) is 43.4 Å². The lowest BCUT2D eigenvalue weighted by atomic mass is 9.84. The van der Waals surface area contributed by atoms with Crippen molar-refractivity contribution in [3.63, 3.8) is 0 Å². The Balaban J connectivity index is 2.12. The molecule has 0 aliphatic carbocycles. The van der Waals surface area contributed by atoms with E-state index in [1.54, 1.807) is 6.07 Å². The molecule has 0 spiro atoms. The molecule has 0 heterocycles. The van der Waals surface area contributed by atoms with E-state index in [1.165, 1.54) is 5.56 Å². The number of anilines is 1. The Morgan fingerprint density at radius 1 is 0.947 bits per heavy atom. The molecule has 3 heteroatoms. The Bertz CT molecular complexity index is 550. The van der Waals surface area contributed by atoms with Crippen molar-refractivity contribution in [1.82, 2.24) is 0 Å². The van der Waals surface area contributed by atoms with E-state index < -0.39 is 0 Å².